The van der Waals surface area contributed by atoms with Gasteiger partial charge in [0.25, 0.3) is 5.91 Å². The summed E-state index contributed by atoms with van der Waals surface area (Å²) in [7, 11) is 0.970. The zero-order valence-electron chi connectivity index (χ0n) is 18.1. The van der Waals surface area contributed by atoms with Crippen LogP contribution in [0.5, 0.6) is 0 Å². The topological polar surface area (TPSA) is 75.7 Å². The number of esters is 1. The summed E-state index contributed by atoms with van der Waals surface area (Å²) in [5.74, 6) is -3.14. The molecule has 6 nitrogen and oxygen atoms in total. The van der Waals surface area contributed by atoms with Crippen LogP contribution in [0.15, 0.2) is 11.3 Å². The van der Waals surface area contributed by atoms with E-state index in [1.54, 1.807) is 0 Å². The van der Waals surface area contributed by atoms with Gasteiger partial charge in [0.05, 0.1) is 7.11 Å². The molecule has 0 bridgehead atoms. The number of carbonyl (C=O) groups is 3. The van der Waals surface area contributed by atoms with Crippen LogP contribution in [0.4, 0.5) is 13.2 Å². The third-order valence-electron chi connectivity index (χ3n) is 6.97. The zero-order valence-corrected chi connectivity index (χ0v) is 18.1. The lowest BCUT2D eigenvalue weighted by molar-refractivity contribution is -0.196. The number of nitrogens with zero attached hydrogens (tertiary/aromatic N) is 1. The second-order valence-corrected chi connectivity index (χ2v) is 8.90. The van der Waals surface area contributed by atoms with Crippen LogP contribution >= 0.6 is 0 Å². The summed E-state index contributed by atoms with van der Waals surface area (Å²) in [4.78, 5) is 39.5. The van der Waals surface area contributed by atoms with Gasteiger partial charge in [-0.15, -0.1) is 0 Å². The molecule has 1 unspecified atom stereocenters. The highest BCUT2D eigenvalue weighted by molar-refractivity contribution is 6.10. The van der Waals surface area contributed by atoms with E-state index < -0.39 is 41.1 Å². The Bertz CT molecular complexity index is 752. The number of rotatable bonds is 6. The van der Waals surface area contributed by atoms with E-state index in [0.717, 1.165) is 57.0 Å². The van der Waals surface area contributed by atoms with Gasteiger partial charge in [0, 0.05) is 18.2 Å². The first-order valence-electron chi connectivity index (χ1n) is 11.1. The van der Waals surface area contributed by atoms with Crippen LogP contribution in [0, 0.1) is 5.92 Å². The maximum atomic E-state index is 14.5. The molecule has 3 aliphatic rings. The summed E-state index contributed by atoms with van der Waals surface area (Å²) in [6.07, 6.45) is 3.03. The molecule has 1 aliphatic heterocycles. The predicted molar refractivity (Wildman–Crippen MR) is 107 cm³/mol. The Labute approximate surface area is 180 Å². The Morgan fingerprint density at radius 3 is 2.23 bits per heavy atom. The summed E-state index contributed by atoms with van der Waals surface area (Å²) in [6, 6.07) is -0.421. The van der Waals surface area contributed by atoms with Gasteiger partial charge >= 0.3 is 12.1 Å². The van der Waals surface area contributed by atoms with E-state index in [-0.39, 0.29) is 12.1 Å². The third kappa shape index (κ3) is 4.32. The van der Waals surface area contributed by atoms with Crippen molar-refractivity contribution < 1.29 is 32.3 Å². The second kappa shape index (κ2) is 9.20. The average molecular weight is 444 g/mol. The van der Waals surface area contributed by atoms with Gasteiger partial charge in [-0.25, -0.2) is 4.79 Å². The van der Waals surface area contributed by atoms with Gasteiger partial charge in [-0.05, 0) is 32.1 Å². The number of hydrogen-bond donors (Lipinski definition) is 1. The van der Waals surface area contributed by atoms with Crippen molar-refractivity contribution in [2.45, 2.75) is 95.3 Å². The van der Waals surface area contributed by atoms with Gasteiger partial charge in [0.2, 0.25) is 11.4 Å². The molecule has 2 fully saturated rings. The summed E-state index contributed by atoms with van der Waals surface area (Å²) in [5.41, 5.74) is -4.32. The van der Waals surface area contributed by atoms with Crippen LogP contribution in [-0.4, -0.2) is 47.6 Å². The first-order chi connectivity index (χ1) is 14.6. The van der Waals surface area contributed by atoms with Crippen molar-refractivity contribution >= 4 is 17.8 Å². The molecule has 2 amide bonds. The number of hydrogen-bond acceptors (Lipinski definition) is 4. The fourth-order valence-electron chi connectivity index (χ4n) is 5.37. The molecule has 0 spiro atoms. The largest absolute Gasteiger partial charge is 0.466 e. The quantitative estimate of drug-likeness (QED) is 0.629. The molecule has 2 aliphatic carbocycles. The maximum Gasteiger partial charge on any atom is 0.425 e. The fraction of sp³-hybridized carbons (Fsp3) is 0.773. The Hall–Kier alpha value is -2.06. The van der Waals surface area contributed by atoms with Crippen LogP contribution in [0.25, 0.3) is 0 Å². The normalized spacial score (nSPS) is 26.0. The molecule has 3 rings (SSSR count). The van der Waals surface area contributed by atoms with Gasteiger partial charge in [-0.1, -0.05) is 44.9 Å². The first-order valence-corrected chi connectivity index (χ1v) is 11.1. The molecule has 9 heteroatoms. The third-order valence-corrected chi connectivity index (χ3v) is 6.97. The van der Waals surface area contributed by atoms with E-state index in [9.17, 15) is 27.6 Å². The molecular weight excluding hydrogens is 413 g/mol. The van der Waals surface area contributed by atoms with E-state index in [2.05, 4.69) is 4.74 Å². The van der Waals surface area contributed by atoms with Gasteiger partial charge < -0.3 is 15.0 Å². The van der Waals surface area contributed by atoms with Gasteiger partial charge in [-0.3, -0.25) is 9.59 Å². The summed E-state index contributed by atoms with van der Waals surface area (Å²) >= 11 is 0. The lowest BCUT2D eigenvalue weighted by Gasteiger charge is -2.34. The van der Waals surface area contributed by atoms with Crippen LogP contribution in [-0.2, 0) is 19.1 Å². The monoisotopic (exact) mass is 444 g/mol. The highest BCUT2D eigenvalue weighted by atomic mass is 19.4. The van der Waals surface area contributed by atoms with Gasteiger partial charge in [0.15, 0.2) is 0 Å². The molecule has 1 N–H and O–H groups in total. The molecule has 0 radical (unpaired) electrons. The SMILES string of the molecule is COC(=O)C1=C(C)N(C2CCCC2)C(=O)C1(NC(=O)CCC1CCCCC1)C(F)(F)F. The molecule has 1 heterocycles. The predicted octanol–water partition coefficient (Wildman–Crippen LogP) is 4.00. The fourth-order valence-corrected chi connectivity index (χ4v) is 5.37. The van der Waals surface area contributed by atoms with E-state index in [1.807, 2.05) is 5.32 Å². The number of amides is 2. The van der Waals surface area contributed by atoms with E-state index in [1.165, 1.54) is 6.92 Å². The van der Waals surface area contributed by atoms with Crippen molar-refractivity contribution in [1.29, 1.82) is 0 Å². The van der Waals surface area contributed by atoms with E-state index >= 15 is 0 Å². The van der Waals surface area contributed by atoms with E-state index in [4.69, 9.17) is 0 Å². The number of nitrogens with one attached hydrogen (secondary N) is 1. The maximum absolute atomic E-state index is 14.5. The lowest BCUT2D eigenvalue weighted by Crippen LogP contribution is -2.66. The summed E-state index contributed by atoms with van der Waals surface area (Å²) < 4.78 is 48.1. The Kier molecular flexibility index (Phi) is 7.01. The molecule has 0 saturated heterocycles. The molecule has 2 saturated carbocycles. The zero-order chi connectivity index (χ0) is 22.8. The molecule has 174 valence electrons. The van der Waals surface area contributed by atoms with Crippen LogP contribution in [0.3, 0.4) is 0 Å². The Balaban J connectivity index is 1.92. The first kappa shape index (κ1) is 23.6. The van der Waals surface area contributed by atoms with Crippen molar-refractivity contribution in [2.24, 2.45) is 5.92 Å². The van der Waals surface area contributed by atoms with Crippen molar-refractivity contribution in [3.8, 4) is 0 Å². The number of methoxy groups -OCH3 is 1. The molecule has 0 aromatic rings. The summed E-state index contributed by atoms with van der Waals surface area (Å²) in [5, 5.41) is 1.96. The highest BCUT2D eigenvalue weighted by Crippen LogP contribution is 2.47. The number of allylic oxidation sites excluding steroid dienone is 1. The minimum Gasteiger partial charge on any atom is -0.466 e. The van der Waals surface area contributed by atoms with Crippen molar-refractivity contribution in [2.75, 3.05) is 7.11 Å². The van der Waals surface area contributed by atoms with Crippen molar-refractivity contribution in [3.05, 3.63) is 11.3 Å². The molecule has 1 atom stereocenters. The summed E-state index contributed by atoms with van der Waals surface area (Å²) in [6.45, 7) is 1.32. The average Bonchev–Trinajstić information content (AvgIpc) is 3.32. The smallest absolute Gasteiger partial charge is 0.425 e. The molecular formula is C22H31F3N2O4. The minimum atomic E-state index is -5.19. The lowest BCUT2D eigenvalue weighted by atomic mass is 9.85. The van der Waals surface area contributed by atoms with Crippen LogP contribution < -0.4 is 5.32 Å². The highest BCUT2D eigenvalue weighted by Gasteiger charge is 2.71. The standard InChI is InChI=1S/C22H31F3N2O4/c1-14-18(19(29)31-2)21(22(23,24)25,20(30)27(14)16-10-6-7-11-16)26-17(28)13-12-15-8-4-3-5-9-15/h15-16H,3-13H2,1-2H3,(H,26,28). The van der Waals surface area contributed by atoms with Crippen molar-refractivity contribution in [1.82, 2.24) is 10.2 Å². The van der Waals surface area contributed by atoms with Crippen molar-refractivity contribution in [3.63, 3.8) is 0 Å². The number of ether oxygens (including phenoxy) is 1. The molecule has 31 heavy (non-hydrogen) atoms. The Morgan fingerprint density at radius 1 is 1.10 bits per heavy atom. The number of halogens is 3. The van der Waals surface area contributed by atoms with Gasteiger partial charge in [0.1, 0.15) is 5.57 Å². The van der Waals surface area contributed by atoms with Crippen LogP contribution in [0.2, 0.25) is 0 Å². The second-order valence-electron chi connectivity index (χ2n) is 8.90. The number of carbonyl (C=O) groups excluding carboxylic acids is 3. The molecule has 0 aromatic heterocycles. The van der Waals surface area contributed by atoms with Crippen LogP contribution in [0.1, 0.15) is 77.6 Å². The van der Waals surface area contributed by atoms with E-state index in [0.29, 0.717) is 25.2 Å². The molecule has 0 aromatic carbocycles. The number of alkyl halides is 3. The Morgan fingerprint density at radius 2 is 1.68 bits per heavy atom. The minimum absolute atomic E-state index is 0.0892. The van der Waals surface area contributed by atoms with Gasteiger partial charge in [-0.2, -0.15) is 13.2 Å².